The van der Waals surface area contributed by atoms with Gasteiger partial charge in [0.2, 0.25) is 0 Å². The van der Waals surface area contributed by atoms with Gasteiger partial charge in [0.25, 0.3) is 5.56 Å². The zero-order valence-electron chi connectivity index (χ0n) is 18.0. The molecular formula is C24H23NO6S. The molecule has 3 aromatic rings. The molecule has 0 aliphatic heterocycles. The highest BCUT2D eigenvalue weighted by Gasteiger charge is 2.13. The van der Waals surface area contributed by atoms with E-state index < -0.39 is 5.97 Å². The second-order valence-electron chi connectivity index (χ2n) is 6.64. The number of hydrogen-bond acceptors (Lipinski definition) is 7. The van der Waals surface area contributed by atoms with Gasteiger partial charge < -0.3 is 14.2 Å². The summed E-state index contributed by atoms with van der Waals surface area (Å²) in [5.74, 6) is 0.280. The predicted octanol–water partition coefficient (Wildman–Crippen LogP) is 1.98. The number of hydrogen-bond donors (Lipinski definition) is 0. The number of ether oxygens (including phenoxy) is 3. The zero-order valence-corrected chi connectivity index (χ0v) is 18.8. The van der Waals surface area contributed by atoms with E-state index in [2.05, 4.69) is 0 Å². The molecule has 0 N–H and O–H groups in total. The molecule has 3 rings (SSSR count). The van der Waals surface area contributed by atoms with Crippen LogP contribution in [0.4, 0.5) is 0 Å². The molecule has 7 nitrogen and oxygen atoms in total. The molecule has 0 aliphatic rings. The van der Waals surface area contributed by atoms with Crippen molar-refractivity contribution in [3.05, 3.63) is 79.2 Å². The molecule has 0 aliphatic carbocycles. The number of rotatable bonds is 8. The number of thiazole rings is 1. The van der Waals surface area contributed by atoms with Gasteiger partial charge in [0.1, 0.15) is 4.66 Å². The number of esters is 1. The fraction of sp³-hybridized carbons (Fsp3) is 0.208. The summed E-state index contributed by atoms with van der Waals surface area (Å²) >= 11 is 1.11. The second-order valence-corrected chi connectivity index (χ2v) is 7.70. The minimum absolute atomic E-state index is 0.190. The predicted molar refractivity (Wildman–Crippen MR) is 123 cm³/mol. The third kappa shape index (κ3) is 5.33. The normalized spacial score (nSPS) is 12.0. The maximum absolute atomic E-state index is 13.1. The van der Waals surface area contributed by atoms with E-state index in [1.165, 1.54) is 17.8 Å². The maximum Gasteiger partial charge on any atom is 0.333 e. The lowest BCUT2D eigenvalue weighted by atomic mass is 10.1. The quantitative estimate of drug-likeness (QED) is 0.383. The molecule has 166 valence electrons. The van der Waals surface area contributed by atoms with Gasteiger partial charge in [-0.25, -0.2) is 4.79 Å². The van der Waals surface area contributed by atoms with Gasteiger partial charge in [-0.2, -0.15) is 0 Å². The summed E-state index contributed by atoms with van der Waals surface area (Å²) in [5, 5.41) is 0. The molecule has 0 unspecified atom stereocenters. The van der Waals surface area contributed by atoms with Gasteiger partial charge in [-0.05, 0) is 30.7 Å². The highest BCUT2D eigenvalue weighted by Crippen LogP contribution is 2.27. The van der Waals surface area contributed by atoms with E-state index in [0.717, 1.165) is 11.3 Å². The molecule has 0 bridgehead atoms. The minimum atomic E-state index is -0.577. The fourth-order valence-corrected chi connectivity index (χ4v) is 4.06. The number of methoxy groups -OCH3 is 2. The van der Waals surface area contributed by atoms with Crippen molar-refractivity contribution in [3.63, 3.8) is 0 Å². The first-order valence-corrected chi connectivity index (χ1v) is 10.7. The van der Waals surface area contributed by atoms with Gasteiger partial charge in [-0.3, -0.25) is 14.2 Å². The third-order valence-electron chi connectivity index (χ3n) is 4.57. The van der Waals surface area contributed by atoms with Crippen LogP contribution in [0.2, 0.25) is 0 Å². The second kappa shape index (κ2) is 10.6. The molecule has 0 spiro atoms. The molecule has 8 heteroatoms. The number of aromatic nitrogens is 1. The molecule has 0 fully saturated rings. The Morgan fingerprint density at radius 3 is 2.41 bits per heavy atom. The van der Waals surface area contributed by atoms with Gasteiger partial charge >= 0.3 is 5.97 Å². The first-order chi connectivity index (χ1) is 15.5. The number of Topliss-reactive ketones (excluding diaryl/α,β-unsaturated/α-hetero) is 1. The van der Waals surface area contributed by atoms with Crippen LogP contribution in [0.1, 0.15) is 22.8 Å². The Hall–Kier alpha value is -3.65. The van der Waals surface area contributed by atoms with Crippen molar-refractivity contribution >= 4 is 35.2 Å². The van der Waals surface area contributed by atoms with Crippen LogP contribution in [-0.2, 0) is 16.1 Å². The Kier molecular flexibility index (Phi) is 7.62. The summed E-state index contributed by atoms with van der Waals surface area (Å²) in [6.07, 6.45) is 2.92. The summed E-state index contributed by atoms with van der Waals surface area (Å²) in [6, 6.07) is 14.0. The van der Waals surface area contributed by atoms with Gasteiger partial charge in [0.15, 0.2) is 17.3 Å². The number of nitrogens with zero attached hydrogens (tertiary/aromatic N) is 1. The first-order valence-electron chi connectivity index (χ1n) is 9.87. The molecule has 1 aromatic heterocycles. The summed E-state index contributed by atoms with van der Waals surface area (Å²) in [5.41, 5.74) is 0.827. The monoisotopic (exact) mass is 453 g/mol. The molecular weight excluding hydrogens is 430 g/mol. The molecule has 2 aromatic carbocycles. The molecule has 0 radical (unpaired) electrons. The van der Waals surface area contributed by atoms with E-state index in [4.69, 9.17) is 14.2 Å². The number of ketones is 1. The lowest BCUT2D eigenvalue weighted by Gasteiger charge is -2.07. The first kappa shape index (κ1) is 23.0. The average molecular weight is 454 g/mol. The van der Waals surface area contributed by atoms with E-state index in [0.29, 0.717) is 31.8 Å². The Morgan fingerprint density at radius 1 is 1.03 bits per heavy atom. The summed E-state index contributed by atoms with van der Waals surface area (Å²) in [6.45, 7) is 1.71. The van der Waals surface area contributed by atoms with Crippen LogP contribution in [0.5, 0.6) is 11.5 Å². The lowest BCUT2D eigenvalue weighted by Crippen LogP contribution is -2.34. The van der Waals surface area contributed by atoms with Crippen LogP contribution in [-0.4, -0.2) is 37.1 Å². The van der Waals surface area contributed by atoms with Crippen molar-refractivity contribution in [1.82, 2.24) is 4.57 Å². The minimum Gasteiger partial charge on any atom is -0.493 e. The molecule has 0 amide bonds. The van der Waals surface area contributed by atoms with Crippen LogP contribution in [0, 0.1) is 0 Å². The van der Waals surface area contributed by atoms with Crippen LogP contribution in [0.25, 0.3) is 12.2 Å². The van der Waals surface area contributed by atoms with Gasteiger partial charge in [0, 0.05) is 5.56 Å². The molecule has 0 atom stereocenters. The molecule has 0 saturated carbocycles. The Labute approximate surface area is 188 Å². The lowest BCUT2D eigenvalue weighted by molar-refractivity contribution is -0.135. The van der Waals surface area contributed by atoms with E-state index in [1.54, 1.807) is 62.6 Å². The summed E-state index contributed by atoms with van der Waals surface area (Å²) in [4.78, 5) is 37.9. The van der Waals surface area contributed by atoms with Gasteiger partial charge in [-0.15, -0.1) is 11.3 Å². The number of benzene rings is 2. The van der Waals surface area contributed by atoms with Gasteiger partial charge in [0.05, 0.1) is 38.0 Å². The van der Waals surface area contributed by atoms with Crippen molar-refractivity contribution < 1.29 is 23.8 Å². The summed E-state index contributed by atoms with van der Waals surface area (Å²) in [7, 11) is 3.07. The van der Waals surface area contributed by atoms with Crippen molar-refractivity contribution in [2.45, 2.75) is 13.5 Å². The van der Waals surface area contributed by atoms with Crippen molar-refractivity contribution in [2.24, 2.45) is 0 Å². The Morgan fingerprint density at radius 2 is 1.75 bits per heavy atom. The van der Waals surface area contributed by atoms with Crippen LogP contribution in [0.15, 0.2) is 53.3 Å². The smallest absolute Gasteiger partial charge is 0.333 e. The Balaban J connectivity index is 2.11. The summed E-state index contributed by atoms with van der Waals surface area (Å²) < 4.78 is 17.5. The van der Waals surface area contributed by atoms with Gasteiger partial charge in [-0.1, -0.05) is 36.4 Å². The largest absolute Gasteiger partial charge is 0.493 e. The fourth-order valence-electron chi connectivity index (χ4n) is 3.03. The average Bonchev–Trinajstić information content (AvgIpc) is 3.08. The van der Waals surface area contributed by atoms with Crippen molar-refractivity contribution in [3.8, 4) is 11.5 Å². The number of carbonyl (C=O) groups excluding carboxylic acids is 2. The highest BCUT2D eigenvalue weighted by molar-refractivity contribution is 7.07. The van der Waals surface area contributed by atoms with E-state index in [9.17, 15) is 14.4 Å². The molecule has 32 heavy (non-hydrogen) atoms. The molecule has 1 heterocycles. The maximum atomic E-state index is 13.1. The van der Waals surface area contributed by atoms with Crippen LogP contribution >= 0.6 is 11.3 Å². The van der Waals surface area contributed by atoms with Crippen LogP contribution < -0.4 is 24.2 Å². The highest BCUT2D eigenvalue weighted by atomic mass is 32.1. The van der Waals surface area contributed by atoms with Crippen molar-refractivity contribution in [2.75, 3.05) is 20.8 Å². The SMILES string of the molecule is CCOC(=O)/C=c1\s/c(=C\c2ccc(OC)c(OC)c2)c(=O)n1CC(=O)c1ccccc1. The van der Waals surface area contributed by atoms with E-state index in [-0.39, 0.29) is 24.5 Å². The topological polar surface area (TPSA) is 83.8 Å². The number of carbonyl (C=O) groups is 2. The van der Waals surface area contributed by atoms with Crippen molar-refractivity contribution in [1.29, 1.82) is 0 Å². The van der Waals surface area contributed by atoms with E-state index >= 15 is 0 Å². The zero-order chi connectivity index (χ0) is 23.1. The van der Waals surface area contributed by atoms with Crippen LogP contribution in [0.3, 0.4) is 0 Å². The molecule has 0 saturated heterocycles. The Bertz CT molecular complexity index is 1290. The standard InChI is InChI=1S/C24H23NO6S/c1-4-31-23(27)14-22-25(15-18(26)17-8-6-5-7-9-17)24(28)21(32-22)13-16-10-11-19(29-2)20(12-16)30-3/h5-14H,4,15H2,1-3H3/b21-13-,22-14-. The van der Waals surface area contributed by atoms with E-state index in [1.807, 2.05) is 6.07 Å². The third-order valence-corrected chi connectivity index (χ3v) is 5.63.